The Kier molecular flexibility index (Phi) is 6.49. The van der Waals surface area contributed by atoms with E-state index in [1.165, 1.54) is 0 Å². The van der Waals surface area contributed by atoms with Gasteiger partial charge in [-0.2, -0.15) is 0 Å². The fourth-order valence-corrected chi connectivity index (χ4v) is 3.18. The van der Waals surface area contributed by atoms with Crippen LogP contribution in [0.15, 0.2) is 53.7 Å². The Bertz CT molecular complexity index is 901. The van der Waals surface area contributed by atoms with Gasteiger partial charge in [0.2, 0.25) is 5.91 Å². The van der Waals surface area contributed by atoms with Crippen LogP contribution in [0.2, 0.25) is 5.02 Å². The number of amidine groups is 1. The van der Waals surface area contributed by atoms with E-state index in [4.69, 9.17) is 22.2 Å². The number of carbonyl (C=O) groups is 2. The molecule has 0 saturated carbocycles. The summed E-state index contributed by atoms with van der Waals surface area (Å²) >= 11 is 5.99. The van der Waals surface area contributed by atoms with Gasteiger partial charge in [-0.1, -0.05) is 47.1 Å². The predicted octanol–water partition coefficient (Wildman–Crippen LogP) is 2.94. The molecule has 0 saturated heterocycles. The third kappa shape index (κ3) is 5.01. The van der Waals surface area contributed by atoms with Crippen molar-refractivity contribution in [2.24, 2.45) is 10.9 Å². The molecule has 3 rings (SSSR count). The van der Waals surface area contributed by atoms with Gasteiger partial charge in [-0.3, -0.25) is 9.59 Å². The van der Waals surface area contributed by atoms with Gasteiger partial charge in [0.15, 0.2) is 6.61 Å². The molecule has 2 amide bonds. The van der Waals surface area contributed by atoms with Crippen LogP contribution in [-0.2, 0) is 20.8 Å². The Hall–Kier alpha value is -3.06. The average molecular weight is 401 g/mol. The predicted molar refractivity (Wildman–Crippen MR) is 109 cm³/mol. The first-order valence-corrected chi connectivity index (χ1v) is 9.29. The number of nitrogens with zero attached hydrogens (tertiary/aromatic N) is 2. The summed E-state index contributed by atoms with van der Waals surface area (Å²) in [6.07, 6.45) is 1.68. The largest absolute Gasteiger partial charge is 0.384 e. The van der Waals surface area contributed by atoms with Gasteiger partial charge in [-0.05, 0) is 36.6 Å². The van der Waals surface area contributed by atoms with E-state index < -0.39 is 0 Å². The van der Waals surface area contributed by atoms with Gasteiger partial charge in [-0.25, -0.2) is 0 Å². The molecule has 8 heteroatoms. The topological polar surface area (TPSA) is 97.0 Å². The number of benzene rings is 2. The Balaban J connectivity index is 1.50. The van der Waals surface area contributed by atoms with E-state index in [1.807, 2.05) is 24.3 Å². The molecule has 7 nitrogen and oxygen atoms in total. The number of nitrogens with one attached hydrogen (secondary N) is 1. The summed E-state index contributed by atoms with van der Waals surface area (Å²) in [6.45, 7) is 0.389. The molecule has 0 fully saturated rings. The molecule has 0 aromatic heterocycles. The first-order chi connectivity index (χ1) is 13.5. The minimum absolute atomic E-state index is 0.0311. The molecule has 0 aliphatic carbocycles. The lowest BCUT2D eigenvalue weighted by Crippen LogP contribution is -2.37. The van der Waals surface area contributed by atoms with Crippen molar-refractivity contribution >= 4 is 40.6 Å². The van der Waals surface area contributed by atoms with Crippen LogP contribution < -0.4 is 16.0 Å². The number of hydrogen-bond donors (Lipinski definition) is 2. The first-order valence-electron chi connectivity index (χ1n) is 8.91. The third-order valence-corrected chi connectivity index (χ3v) is 4.60. The number of amides is 2. The highest BCUT2D eigenvalue weighted by Crippen LogP contribution is 2.26. The van der Waals surface area contributed by atoms with Crippen molar-refractivity contribution in [3.63, 3.8) is 0 Å². The quantitative estimate of drug-likeness (QED) is 0.442. The Morgan fingerprint density at radius 2 is 1.93 bits per heavy atom. The van der Waals surface area contributed by atoms with Crippen LogP contribution in [-0.4, -0.2) is 30.8 Å². The number of para-hydroxylation sites is 2. The van der Waals surface area contributed by atoms with Gasteiger partial charge in [-0.15, -0.1) is 0 Å². The number of rotatable bonds is 6. The van der Waals surface area contributed by atoms with Crippen molar-refractivity contribution in [2.45, 2.75) is 19.3 Å². The summed E-state index contributed by atoms with van der Waals surface area (Å²) in [5.74, 6) is -0.616. The number of aryl methyl sites for hydroxylation is 1. The molecule has 1 aliphatic heterocycles. The molecular weight excluding hydrogens is 380 g/mol. The van der Waals surface area contributed by atoms with E-state index in [-0.39, 0.29) is 30.7 Å². The lowest BCUT2D eigenvalue weighted by atomic mass is 10.0. The zero-order valence-corrected chi connectivity index (χ0v) is 16.0. The van der Waals surface area contributed by atoms with Crippen molar-refractivity contribution in [3.8, 4) is 0 Å². The highest BCUT2D eigenvalue weighted by molar-refractivity contribution is 6.33. The number of anilines is 2. The van der Waals surface area contributed by atoms with Gasteiger partial charge in [0.05, 0.1) is 17.1 Å². The SMILES string of the molecule is N/C(CC(=O)Nc1ccccc1Cl)=N/OCC(=O)N1CCCc2ccccc21. The van der Waals surface area contributed by atoms with Crippen molar-refractivity contribution in [3.05, 3.63) is 59.1 Å². The third-order valence-electron chi connectivity index (χ3n) is 4.27. The number of fused-ring (bicyclic) bond motifs is 1. The minimum Gasteiger partial charge on any atom is -0.384 e. The van der Waals surface area contributed by atoms with Gasteiger partial charge < -0.3 is 20.8 Å². The molecule has 28 heavy (non-hydrogen) atoms. The smallest absolute Gasteiger partial charge is 0.267 e. The van der Waals surface area contributed by atoms with Gasteiger partial charge in [0, 0.05) is 12.2 Å². The molecular formula is C20H21ClN4O3. The maximum Gasteiger partial charge on any atom is 0.267 e. The zero-order valence-electron chi connectivity index (χ0n) is 15.2. The lowest BCUT2D eigenvalue weighted by molar-refractivity contribution is -0.123. The average Bonchev–Trinajstić information content (AvgIpc) is 2.69. The van der Waals surface area contributed by atoms with E-state index in [0.717, 1.165) is 24.1 Å². The number of oxime groups is 1. The zero-order chi connectivity index (χ0) is 19.9. The minimum atomic E-state index is -0.380. The Morgan fingerprint density at radius 1 is 1.18 bits per heavy atom. The number of nitrogens with two attached hydrogens (primary N) is 1. The van der Waals surface area contributed by atoms with Crippen molar-refractivity contribution in [1.29, 1.82) is 0 Å². The molecule has 0 atom stereocenters. The highest BCUT2D eigenvalue weighted by atomic mass is 35.5. The number of carbonyl (C=O) groups excluding carboxylic acids is 2. The summed E-state index contributed by atoms with van der Waals surface area (Å²) in [5, 5.41) is 6.74. The van der Waals surface area contributed by atoms with Gasteiger partial charge in [0.25, 0.3) is 5.91 Å². The van der Waals surface area contributed by atoms with Crippen LogP contribution in [0, 0.1) is 0 Å². The second-order valence-corrected chi connectivity index (χ2v) is 6.75. The summed E-state index contributed by atoms with van der Waals surface area (Å²) in [5.41, 5.74) is 8.24. The molecule has 0 radical (unpaired) electrons. The number of halogens is 1. The molecule has 3 N–H and O–H groups in total. The second-order valence-electron chi connectivity index (χ2n) is 6.34. The molecule has 2 aromatic carbocycles. The van der Waals surface area contributed by atoms with Crippen molar-refractivity contribution < 1.29 is 14.4 Å². The second kappa shape index (κ2) is 9.23. The molecule has 1 heterocycles. The fourth-order valence-electron chi connectivity index (χ4n) is 2.99. The van der Waals surface area contributed by atoms with Crippen LogP contribution in [0.1, 0.15) is 18.4 Å². The standard InChI is InChI=1S/C20H21ClN4O3/c21-15-8-2-3-9-16(15)23-19(26)12-18(22)24-28-13-20(27)25-11-5-7-14-6-1-4-10-17(14)25/h1-4,6,8-10H,5,7,11-13H2,(H2,22,24)(H,23,26). The Labute approximate surface area is 168 Å². The molecule has 0 unspecified atom stereocenters. The van der Waals surface area contributed by atoms with Crippen LogP contribution >= 0.6 is 11.6 Å². The normalized spacial score (nSPS) is 13.6. The van der Waals surface area contributed by atoms with Crippen LogP contribution in [0.25, 0.3) is 0 Å². The van der Waals surface area contributed by atoms with E-state index in [1.54, 1.807) is 29.2 Å². The summed E-state index contributed by atoms with van der Waals surface area (Å²) in [4.78, 5) is 31.2. The van der Waals surface area contributed by atoms with Crippen LogP contribution in [0.4, 0.5) is 11.4 Å². The maximum absolute atomic E-state index is 12.4. The maximum atomic E-state index is 12.4. The monoisotopic (exact) mass is 400 g/mol. The van der Waals surface area contributed by atoms with Gasteiger partial charge in [0.1, 0.15) is 5.84 Å². The highest BCUT2D eigenvalue weighted by Gasteiger charge is 2.22. The molecule has 0 bridgehead atoms. The summed E-state index contributed by atoms with van der Waals surface area (Å²) < 4.78 is 0. The van der Waals surface area contributed by atoms with Crippen molar-refractivity contribution in [1.82, 2.24) is 0 Å². The van der Waals surface area contributed by atoms with E-state index >= 15 is 0 Å². The summed E-state index contributed by atoms with van der Waals surface area (Å²) in [6, 6.07) is 14.7. The van der Waals surface area contributed by atoms with E-state index in [9.17, 15) is 9.59 Å². The van der Waals surface area contributed by atoms with E-state index in [2.05, 4.69) is 10.5 Å². The molecule has 146 valence electrons. The lowest BCUT2D eigenvalue weighted by Gasteiger charge is -2.28. The molecule has 0 spiro atoms. The van der Waals surface area contributed by atoms with Crippen LogP contribution in [0.5, 0.6) is 0 Å². The van der Waals surface area contributed by atoms with Crippen LogP contribution in [0.3, 0.4) is 0 Å². The molecule has 2 aromatic rings. The number of hydrogen-bond acceptors (Lipinski definition) is 4. The molecule has 1 aliphatic rings. The first kappa shape index (κ1) is 19.7. The Morgan fingerprint density at radius 3 is 2.75 bits per heavy atom. The van der Waals surface area contributed by atoms with E-state index in [0.29, 0.717) is 17.3 Å². The van der Waals surface area contributed by atoms with Crippen molar-refractivity contribution in [2.75, 3.05) is 23.4 Å². The van der Waals surface area contributed by atoms with Gasteiger partial charge >= 0.3 is 0 Å². The summed E-state index contributed by atoms with van der Waals surface area (Å²) in [7, 11) is 0. The fraction of sp³-hybridized carbons (Fsp3) is 0.250.